The van der Waals surface area contributed by atoms with Gasteiger partial charge in [0.1, 0.15) is 17.3 Å². The molecule has 0 aliphatic rings. The standard InChI is InChI=1S/C21H25F2N3O2/c1-4-26(20(27)8-6-16-5-7-17(22)13-18(16)23)10-9-24-21(28)19-12-14(2)11-15(3)25-19/h5,7,11-13H,4,6,8-10H2,1-3H3,(H,24,28). The Labute approximate surface area is 163 Å². The fourth-order valence-corrected chi connectivity index (χ4v) is 2.94. The number of nitrogens with one attached hydrogen (secondary N) is 1. The molecule has 0 fully saturated rings. The summed E-state index contributed by atoms with van der Waals surface area (Å²) in [6, 6.07) is 6.94. The average Bonchev–Trinajstić information content (AvgIpc) is 2.63. The summed E-state index contributed by atoms with van der Waals surface area (Å²) in [6.07, 6.45) is 0.309. The lowest BCUT2D eigenvalue weighted by molar-refractivity contribution is -0.130. The summed E-state index contributed by atoms with van der Waals surface area (Å²) in [5.41, 5.74) is 2.37. The van der Waals surface area contributed by atoms with Gasteiger partial charge in [-0.1, -0.05) is 6.07 Å². The molecule has 0 saturated carbocycles. The van der Waals surface area contributed by atoms with Crippen LogP contribution in [0.15, 0.2) is 30.3 Å². The van der Waals surface area contributed by atoms with Gasteiger partial charge in [0.25, 0.3) is 5.91 Å². The van der Waals surface area contributed by atoms with E-state index in [1.54, 1.807) is 11.0 Å². The van der Waals surface area contributed by atoms with Gasteiger partial charge in [0.15, 0.2) is 0 Å². The number of carbonyl (C=O) groups excluding carboxylic acids is 2. The molecule has 1 N–H and O–H groups in total. The van der Waals surface area contributed by atoms with Crippen molar-refractivity contribution < 1.29 is 18.4 Å². The average molecular weight is 389 g/mol. The van der Waals surface area contributed by atoms with Crippen LogP contribution in [0.2, 0.25) is 0 Å². The molecule has 1 aromatic heterocycles. The number of likely N-dealkylation sites (N-methyl/N-ethyl adjacent to an activating group) is 1. The normalized spacial score (nSPS) is 10.6. The molecule has 0 bridgehead atoms. The van der Waals surface area contributed by atoms with Crippen LogP contribution in [-0.4, -0.2) is 41.3 Å². The first kappa shape index (κ1) is 21.5. The largest absolute Gasteiger partial charge is 0.349 e. The monoisotopic (exact) mass is 389 g/mol. The van der Waals surface area contributed by atoms with Crippen molar-refractivity contribution in [3.8, 4) is 0 Å². The van der Waals surface area contributed by atoms with Crippen LogP contribution in [0.3, 0.4) is 0 Å². The summed E-state index contributed by atoms with van der Waals surface area (Å²) in [7, 11) is 0. The van der Waals surface area contributed by atoms with Crippen molar-refractivity contribution in [2.24, 2.45) is 0 Å². The molecule has 0 radical (unpaired) electrons. The maximum Gasteiger partial charge on any atom is 0.269 e. The lowest BCUT2D eigenvalue weighted by Gasteiger charge is -2.21. The van der Waals surface area contributed by atoms with Crippen molar-refractivity contribution >= 4 is 11.8 Å². The number of carbonyl (C=O) groups is 2. The van der Waals surface area contributed by atoms with Gasteiger partial charge in [0.2, 0.25) is 5.91 Å². The molecular formula is C21H25F2N3O2. The molecule has 1 heterocycles. The number of aryl methyl sites for hydroxylation is 3. The van der Waals surface area contributed by atoms with E-state index in [2.05, 4.69) is 10.3 Å². The molecule has 0 aliphatic heterocycles. The van der Waals surface area contributed by atoms with Crippen LogP contribution >= 0.6 is 0 Å². The number of hydrogen-bond acceptors (Lipinski definition) is 3. The Balaban J connectivity index is 1.84. The van der Waals surface area contributed by atoms with E-state index in [4.69, 9.17) is 0 Å². The third-order valence-electron chi connectivity index (χ3n) is 4.36. The van der Waals surface area contributed by atoms with E-state index in [9.17, 15) is 18.4 Å². The lowest BCUT2D eigenvalue weighted by atomic mass is 10.1. The quantitative estimate of drug-likeness (QED) is 0.754. The first-order chi connectivity index (χ1) is 13.3. The van der Waals surface area contributed by atoms with Gasteiger partial charge in [-0.05, 0) is 56.5 Å². The van der Waals surface area contributed by atoms with Gasteiger partial charge in [0, 0.05) is 37.8 Å². The molecule has 2 aromatic rings. The second-order valence-electron chi connectivity index (χ2n) is 6.64. The number of nitrogens with zero attached hydrogens (tertiary/aromatic N) is 2. The van der Waals surface area contributed by atoms with Crippen LogP contribution in [0.4, 0.5) is 8.78 Å². The third kappa shape index (κ3) is 6.11. The van der Waals surface area contributed by atoms with Crippen molar-refractivity contribution in [3.63, 3.8) is 0 Å². The van der Waals surface area contributed by atoms with Gasteiger partial charge in [-0.3, -0.25) is 9.59 Å². The molecule has 7 heteroatoms. The zero-order valence-electron chi connectivity index (χ0n) is 16.4. The Morgan fingerprint density at radius 3 is 2.54 bits per heavy atom. The zero-order chi connectivity index (χ0) is 20.7. The van der Waals surface area contributed by atoms with Crippen LogP contribution in [0.5, 0.6) is 0 Å². The minimum Gasteiger partial charge on any atom is -0.349 e. The highest BCUT2D eigenvalue weighted by molar-refractivity contribution is 5.92. The highest BCUT2D eigenvalue weighted by Crippen LogP contribution is 2.12. The van der Waals surface area contributed by atoms with E-state index in [-0.39, 0.29) is 31.2 Å². The molecule has 0 unspecified atom stereocenters. The van der Waals surface area contributed by atoms with Gasteiger partial charge in [-0.25, -0.2) is 13.8 Å². The smallest absolute Gasteiger partial charge is 0.269 e. The minimum atomic E-state index is -0.649. The van der Waals surface area contributed by atoms with Crippen molar-refractivity contribution in [1.82, 2.24) is 15.2 Å². The van der Waals surface area contributed by atoms with Gasteiger partial charge in [0.05, 0.1) is 0 Å². The summed E-state index contributed by atoms with van der Waals surface area (Å²) in [5.74, 6) is -1.73. The number of rotatable bonds is 8. The van der Waals surface area contributed by atoms with Crippen LogP contribution in [0, 0.1) is 25.5 Å². The van der Waals surface area contributed by atoms with E-state index < -0.39 is 11.6 Å². The van der Waals surface area contributed by atoms with Crippen LogP contribution in [0.1, 0.15) is 40.7 Å². The van der Waals surface area contributed by atoms with E-state index in [0.29, 0.717) is 24.3 Å². The second kappa shape index (κ2) is 9.92. The molecule has 0 aliphatic carbocycles. The highest BCUT2D eigenvalue weighted by Gasteiger charge is 2.14. The van der Waals surface area contributed by atoms with E-state index in [1.807, 2.05) is 26.8 Å². The first-order valence-corrected chi connectivity index (χ1v) is 9.25. The zero-order valence-corrected chi connectivity index (χ0v) is 16.4. The molecular weight excluding hydrogens is 364 g/mol. The lowest BCUT2D eigenvalue weighted by Crippen LogP contribution is -2.38. The summed E-state index contributed by atoms with van der Waals surface area (Å²) >= 11 is 0. The number of pyridine rings is 1. The van der Waals surface area contributed by atoms with E-state index >= 15 is 0 Å². The topological polar surface area (TPSA) is 62.3 Å². The molecule has 0 atom stereocenters. The summed E-state index contributed by atoms with van der Waals surface area (Å²) in [5, 5.41) is 2.77. The highest BCUT2D eigenvalue weighted by atomic mass is 19.1. The Bertz CT molecular complexity index is 835. The molecule has 1 aromatic carbocycles. The Morgan fingerprint density at radius 1 is 1.14 bits per heavy atom. The second-order valence-corrected chi connectivity index (χ2v) is 6.64. The molecule has 2 amide bonds. The molecule has 2 rings (SSSR count). The maximum absolute atomic E-state index is 13.7. The van der Waals surface area contributed by atoms with Gasteiger partial charge >= 0.3 is 0 Å². The number of halogens is 2. The summed E-state index contributed by atoms with van der Waals surface area (Å²) in [6.45, 7) is 6.67. The number of amides is 2. The number of hydrogen-bond donors (Lipinski definition) is 1. The summed E-state index contributed by atoms with van der Waals surface area (Å²) in [4.78, 5) is 30.4. The van der Waals surface area contributed by atoms with E-state index in [1.165, 1.54) is 12.1 Å². The van der Waals surface area contributed by atoms with Crippen molar-refractivity contribution in [2.75, 3.05) is 19.6 Å². The maximum atomic E-state index is 13.7. The summed E-state index contributed by atoms with van der Waals surface area (Å²) < 4.78 is 26.6. The third-order valence-corrected chi connectivity index (χ3v) is 4.36. The molecule has 28 heavy (non-hydrogen) atoms. The SMILES string of the molecule is CCN(CCNC(=O)c1cc(C)cc(C)n1)C(=O)CCc1ccc(F)cc1F. The molecule has 0 spiro atoms. The van der Waals surface area contributed by atoms with Crippen molar-refractivity contribution in [2.45, 2.75) is 33.6 Å². The Kier molecular flexibility index (Phi) is 7.61. The fourth-order valence-electron chi connectivity index (χ4n) is 2.94. The minimum absolute atomic E-state index is 0.114. The van der Waals surface area contributed by atoms with Crippen LogP contribution < -0.4 is 5.32 Å². The van der Waals surface area contributed by atoms with Crippen LogP contribution in [-0.2, 0) is 11.2 Å². The molecule has 150 valence electrons. The predicted molar refractivity (Wildman–Crippen MR) is 103 cm³/mol. The van der Waals surface area contributed by atoms with Gasteiger partial charge in [-0.15, -0.1) is 0 Å². The Morgan fingerprint density at radius 2 is 1.89 bits per heavy atom. The Hall–Kier alpha value is -2.83. The number of benzene rings is 1. The van der Waals surface area contributed by atoms with Crippen LogP contribution in [0.25, 0.3) is 0 Å². The van der Waals surface area contributed by atoms with Gasteiger partial charge in [-0.2, -0.15) is 0 Å². The molecule has 5 nitrogen and oxygen atoms in total. The van der Waals surface area contributed by atoms with E-state index in [0.717, 1.165) is 17.3 Å². The van der Waals surface area contributed by atoms with Gasteiger partial charge < -0.3 is 10.2 Å². The fraction of sp³-hybridized carbons (Fsp3) is 0.381. The predicted octanol–water partition coefficient (Wildman–Crippen LogP) is 3.19. The van der Waals surface area contributed by atoms with Crippen molar-refractivity contribution in [3.05, 3.63) is 64.5 Å². The number of aromatic nitrogens is 1. The molecule has 0 saturated heterocycles. The van der Waals surface area contributed by atoms with Crippen molar-refractivity contribution in [1.29, 1.82) is 0 Å². The first-order valence-electron chi connectivity index (χ1n) is 9.25.